The average molecular weight is 334 g/mol. The number of carboxylic acid groups (broad SMARTS) is 1. The minimum atomic E-state index is -0.762. The zero-order valence-corrected chi connectivity index (χ0v) is 15.0. The number of aliphatic hydroxyl groups is 2. The lowest BCUT2D eigenvalue weighted by Crippen LogP contribution is -2.62. The molecule has 0 aliphatic heterocycles. The lowest BCUT2D eigenvalue weighted by molar-refractivity contribution is -0.199. The molecule has 4 aliphatic carbocycles. The van der Waals surface area contributed by atoms with Crippen molar-refractivity contribution < 1.29 is 20.1 Å². The zero-order chi connectivity index (χ0) is 17.5. The number of allylic oxidation sites excluding steroid dienone is 1. The van der Waals surface area contributed by atoms with E-state index in [-0.39, 0.29) is 23.2 Å². The molecule has 0 saturated heterocycles. The molecule has 24 heavy (non-hydrogen) atoms. The fourth-order valence-corrected chi connectivity index (χ4v) is 7.33. The van der Waals surface area contributed by atoms with E-state index < -0.39 is 28.5 Å². The Morgan fingerprint density at radius 1 is 1.12 bits per heavy atom. The first-order valence-electron chi connectivity index (χ1n) is 9.38. The van der Waals surface area contributed by atoms with Crippen molar-refractivity contribution in [2.24, 2.45) is 34.0 Å². The van der Waals surface area contributed by atoms with Crippen molar-refractivity contribution >= 4 is 5.97 Å². The average Bonchev–Trinajstić information content (AvgIpc) is 2.68. The molecule has 3 saturated carbocycles. The van der Waals surface area contributed by atoms with E-state index in [2.05, 4.69) is 19.1 Å². The van der Waals surface area contributed by atoms with Crippen LogP contribution in [0.25, 0.3) is 0 Å². The van der Waals surface area contributed by atoms with Crippen molar-refractivity contribution in [2.75, 3.05) is 0 Å². The Hall–Kier alpha value is -0.870. The molecule has 8 unspecified atom stereocenters. The molecule has 134 valence electrons. The molecule has 8 atom stereocenters. The van der Waals surface area contributed by atoms with Crippen LogP contribution >= 0.6 is 0 Å². The Kier molecular flexibility index (Phi) is 3.21. The largest absolute Gasteiger partial charge is 0.481 e. The third-order valence-corrected chi connectivity index (χ3v) is 8.60. The normalized spacial score (nSPS) is 58.9. The molecular weight excluding hydrogens is 304 g/mol. The number of hydrogen-bond acceptors (Lipinski definition) is 3. The number of fused-ring (bicyclic) bond motifs is 3. The number of hydrogen-bond donors (Lipinski definition) is 3. The molecule has 0 aromatic rings. The van der Waals surface area contributed by atoms with Gasteiger partial charge in [-0.1, -0.05) is 19.1 Å². The number of rotatable bonds is 1. The molecule has 1 spiro atoms. The second-order valence-electron chi connectivity index (χ2n) is 9.80. The summed E-state index contributed by atoms with van der Waals surface area (Å²) in [6.45, 7) is 5.93. The van der Waals surface area contributed by atoms with Gasteiger partial charge in [-0.05, 0) is 69.6 Å². The summed E-state index contributed by atoms with van der Waals surface area (Å²) in [4.78, 5) is 12.1. The molecule has 4 rings (SSSR count). The maximum Gasteiger partial charge on any atom is 0.309 e. The molecule has 2 bridgehead atoms. The quantitative estimate of drug-likeness (QED) is 0.644. The summed E-state index contributed by atoms with van der Waals surface area (Å²) in [5.74, 6) is -0.394. The summed E-state index contributed by atoms with van der Waals surface area (Å²) in [7, 11) is 0. The van der Waals surface area contributed by atoms with Crippen LogP contribution in [-0.2, 0) is 4.79 Å². The summed E-state index contributed by atoms with van der Waals surface area (Å²) >= 11 is 0. The first kappa shape index (κ1) is 16.6. The molecule has 3 N–H and O–H groups in total. The van der Waals surface area contributed by atoms with Crippen molar-refractivity contribution in [1.29, 1.82) is 0 Å². The summed E-state index contributed by atoms with van der Waals surface area (Å²) in [5, 5.41) is 31.7. The van der Waals surface area contributed by atoms with Gasteiger partial charge >= 0.3 is 5.97 Å². The summed E-state index contributed by atoms with van der Waals surface area (Å²) in [6, 6.07) is 0. The van der Waals surface area contributed by atoms with Crippen LogP contribution in [-0.4, -0.2) is 33.0 Å². The number of aliphatic carboxylic acids is 1. The van der Waals surface area contributed by atoms with E-state index in [1.807, 2.05) is 13.8 Å². The number of carboxylic acids is 1. The van der Waals surface area contributed by atoms with Gasteiger partial charge in [0.25, 0.3) is 0 Å². The molecule has 4 nitrogen and oxygen atoms in total. The van der Waals surface area contributed by atoms with Crippen LogP contribution in [0.4, 0.5) is 0 Å². The minimum Gasteiger partial charge on any atom is -0.481 e. The fraction of sp³-hybridized carbons (Fsp3) is 0.850. The van der Waals surface area contributed by atoms with Gasteiger partial charge in [-0.2, -0.15) is 0 Å². The van der Waals surface area contributed by atoms with Crippen LogP contribution in [0, 0.1) is 34.0 Å². The van der Waals surface area contributed by atoms with E-state index in [0.29, 0.717) is 12.8 Å². The van der Waals surface area contributed by atoms with Crippen molar-refractivity contribution in [2.45, 2.75) is 71.0 Å². The van der Waals surface area contributed by atoms with Crippen LogP contribution < -0.4 is 0 Å². The van der Waals surface area contributed by atoms with E-state index in [1.54, 1.807) is 0 Å². The molecule has 0 heterocycles. The van der Waals surface area contributed by atoms with Gasteiger partial charge in [-0.25, -0.2) is 0 Å². The molecule has 4 heteroatoms. The predicted molar refractivity (Wildman–Crippen MR) is 90.2 cm³/mol. The highest BCUT2D eigenvalue weighted by atomic mass is 16.4. The van der Waals surface area contributed by atoms with Gasteiger partial charge in [0.2, 0.25) is 0 Å². The first-order valence-corrected chi connectivity index (χ1v) is 9.38. The van der Waals surface area contributed by atoms with Gasteiger partial charge < -0.3 is 15.3 Å². The summed E-state index contributed by atoms with van der Waals surface area (Å²) in [6.07, 6.45) is 8.53. The Balaban J connectivity index is 1.81. The van der Waals surface area contributed by atoms with Crippen molar-refractivity contribution in [3.05, 3.63) is 12.2 Å². The second-order valence-corrected chi connectivity index (χ2v) is 9.80. The van der Waals surface area contributed by atoms with Crippen LogP contribution in [0.5, 0.6) is 0 Å². The maximum absolute atomic E-state index is 12.1. The Morgan fingerprint density at radius 3 is 2.50 bits per heavy atom. The van der Waals surface area contributed by atoms with Crippen LogP contribution in [0.3, 0.4) is 0 Å². The molecule has 0 amide bonds. The van der Waals surface area contributed by atoms with Gasteiger partial charge in [-0.15, -0.1) is 0 Å². The molecule has 3 fully saturated rings. The Labute approximate surface area is 144 Å². The SMILES string of the molecule is CC1(O)CC23CCC4C(C)(C(=O)O)CCC(O)C4(C)C2C=CC1C3. The summed E-state index contributed by atoms with van der Waals surface area (Å²) in [5.41, 5.74) is -1.84. The van der Waals surface area contributed by atoms with Crippen LogP contribution in [0.2, 0.25) is 0 Å². The third-order valence-electron chi connectivity index (χ3n) is 8.60. The fourth-order valence-electron chi connectivity index (χ4n) is 7.33. The van der Waals surface area contributed by atoms with Gasteiger partial charge in [0.15, 0.2) is 0 Å². The highest BCUT2D eigenvalue weighted by molar-refractivity contribution is 5.75. The Morgan fingerprint density at radius 2 is 1.83 bits per heavy atom. The van der Waals surface area contributed by atoms with Crippen LogP contribution in [0.1, 0.15) is 59.3 Å². The minimum absolute atomic E-state index is 0.0197. The second kappa shape index (κ2) is 4.64. The van der Waals surface area contributed by atoms with Gasteiger partial charge in [0.1, 0.15) is 0 Å². The molecular formula is C20H30O4. The van der Waals surface area contributed by atoms with E-state index in [1.165, 1.54) is 0 Å². The molecule has 0 radical (unpaired) electrons. The van der Waals surface area contributed by atoms with E-state index in [4.69, 9.17) is 0 Å². The van der Waals surface area contributed by atoms with Crippen molar-refractivity contribution in [3.8, 4) is 0 Å². The molecule has 0 aromatic carbocycles. The number of aliphatic hydroxyl groups excluding tert-OH is 1. The van der Waals surface area contributed by atoms with Gasteiger partial charge in [-0.3, -0.25) is 4.79 Å². The van der Waals surface area contributed by atoms with Crippen molar-refractivity contribution in [3.63, 3.8) is 0 Å². The smallest absolute Gasteiger partial charge is 0.309 e. The van der Waals surface area contributed by atoms with E-state index in [0.717, 1.165) is 25.7 Å². The summed E-state index contributed by atoms with van der Waals surface area (Å²) < 4.78 is 0. The predicted octanol–water partition coefficient (Wildman–Crippen LogP) is 2.98. The lowest BCUT2D eigenvalue weighted by Gasteiger charge is -2.63. The lowest BCUT2D eigenvalue weighted by atomic mass is 9.41. The highest BCUT2D eigenvalue weighted by Gasteiger charge is 2.68. The first-order chi connectivity index (χ1) is 11.1. The van der Waals surface area contributed by atoms with Crippen LogP contribution in [0.15, 0.2) is 12.2 Å². The van der Waals surface area contributed by atoms with Gasteiger partial charge in [0.05, 0.1) is 17.1 Å². The van der Waals surface area contributed by atoms with Crippen molar-refractivity contribution in [1.82, 2.24) is 0 Å². The molecule has 0 aromatic heterocycles. The highest BCUT2D eigenvalue weighted by Crippen LogP contribution is 2.71. The monoisotopic (exact) mass is 334 g/mol. The van der Waals surface area contributed by atoms with Gasteiger partial charge in [0, 0.05) is 11.3 Å². The zero-order valence-electron chi connectivity index (χ0n) is 15.0. The maximum atomic E-state index is 12.1. The molecule has 4 aliphatic rings. The standard InChI is InChI=1S/C20H30O4/c1-17(16(22)23)8-7-15(21)19(3)13(17)6-9-20-10-12(4-5-14(19)20)18(2,24)11-20/h4-5,12-15,21,24H,6-11H2,1-3H3,(H,22,23). The van der Waals surface area contributed by atoms with E-state index >= 15 is 0 Å². The van der Waals surface area contributed by atoms with E-state index in [9.17, 15) is 20.1 Å². The third kappa shape index (κ3) is 1.79. The topological polar surface area (TPSA) is 77.8 Å². The Bertz CT molecular complexity index is 611. The number of carbonyl (C=O) groups is 1.